The Labute approximate surface area is 89.3 Å². The smallest absolute Gasteiger partial charge is 0.273 e. The Morgan fingerprint density at radius 3 is 2.69 bits per heavy atom. The fraction of sp³-hybridized carbons (Fsp3) is 0.100. The topological polar surface area (TPSA) is 96.2 Å². The second-order valence-electron chi connectivity index (χ2n) is 3.46. The molecule has 0 saturated heterocycles. The number of aromatic nitrogens is 1. The zero-order valence-corrected chi connectivity index (χ0v) is 8.35. The summed E-state index contributed by atoms with van der Waals surface area (Å²) in [6.45, 7) is 1.65. The summed E-state index contributed by atoms with van der Waals surface area (Å²) in [4.78, 5) is 23.6. The van der Waals surface area contributed by atoms with Crippen LogP contribution < -0.4 is 5.56 Å². The van der Waals surface area contributed by atoms with E-state index in [0.717, 1.165) is 6.07 Å². The SMILES string of the molecule is Cc1cc(=O)[nH]c2c(O)cc([N+](=O)[O-])cc12. The summed E-state index contributed by atoms with van der Waals surface area (Å²) in [5.41, 5.74) is 0.239. The summed E-state index contributed by atoms with van der Waals surface area (Å²) >= 11 is 0. The van der Waals surface area contributed by atoms with Crippen molar-refractivity contribution in [1.29, 1.82) is 0 Å². The maximum atomic E-state index is 11.2. The van der Waals surface area contributed by atoms with E-state index in [2.05, 4.69) is 4.98 Å². The molecule has 1 aromatic heterocycles. The van der Waals surface area contributed by atoms with Crippen LogP contribution in [0.4, 0.5) is 5.69 Å². The van der Waals surface area contributed by atoms with Crippen LogP contribution in [0.5, 0.6) is 5.75 Å². The summed E-state index contributed by atoms with van der Waals surface area (Å²) in [5, 5.41) is 20.6. The Morgan fingerprint density at radius 1 is 1.38 bits per heavy atom. The maximum absolute atomic E-state index is 11.2. The largest absolute Gasteiger partial charge is 0.505 e. The zero-order valence-electron chi connectivity index (χ0n) is 8.35. The van der Waals surface area contributed by atoms with Crippen molar-refractivity contribution < 1.29 is 10.0 Å². The van der Waals surface area contributed by atoms with Gasteiger partial charge in [0.05, 0.1) is 16.5 Å². The highest BCUT2D eigenvalue weighted by molar-refractivity contribution is 5.89. The molecule has 1 heterocycles. The number of pyridine rings is 1. The second-order valence-corrected chi connectivity index (χ2v) is 3.46. The molecule has 1 aromatic carbocycles. The Bertz CT molecular complexity index is 645. The fourth-order valence-corrected chi connectivity index (χ4v) is 1.59. The summed E-state index contributed by atoms with van der Waals surface area (Å²) in [6.07, 6.45) is 0. The molecule has 2 aromatic rings. The van der Waals surface area contributed by atoms with Gasteiger partial charge in [0.25, 0.3) is 5.69 Å². The standard InChI is InChI=1S/C10H8N2O4/c1-5-2-9(14)11-10-7(5)3-6(12(15)16)4-8(10)13/h2-4,13H,1H3,(H,11,14). The Morgan fingerprint density at radius 2 is 2.06 bits per heavy atom. The summed E-state index contributed by atoms with van der Waals surface area (Å²) < 4.78 is 0. The minimum atomic E-state index is -0.594. The first kappa shape index (κ1) is 10.2. The van der Waals surface area contributed by atoms with Gasteiger partial charge in [0.15, 0.2) is 0 Å². The van der Waals surface area contributed by atoms with Crippen molar-refractivity contribution >= 4 is 16.6 Å². The number of hydrogen-bond donors (Lipinski definition) is 2. The molecule has 0 amide bonds. The molecule has 0 radical (unpaired) electrons. The molecule has 0 fully saturated rings. The average Bonchev–Trinajstić information content (AvgIpc) is 2.19. The van der Waals surface area contributed by atoms with Crippen LogP contribution in [-0.4, -0.2) is 15.0 Å². The molecule has 0 saturated carbocycles. The number of aromatic amines is 1. The van der Waals surface area contributed by atoms with Crippen molar-refractivity contribution in [2.24, 2.45) is 0 Å². The predicted molar refractivity (Wildman–Crippen MR) is 57.6 cm³/mol. The third-order valence-electron chi connectivity index (χ3n) is 2.33. The number of non-ortho nitro benzene ring substituents is 1. The average molecular weight is 220 g/mol. The second kappa shape index (κ2) is 3.34. The van der Waals surface area contributed by atoms with Crippen LogP contribution in [-0.2, 0) is 0 Å². The lowest BCUT2D eigenvalue weighted by Crippen LogP contribution is -2.05. The van der Waals surface area contributed by atoms with Crippen LogP contribution in [0.25, 0.3) is 10.9 Å². The van der Waals surface area contributed by atoms with Crippen molar-refractivity contribution in [3.05, 3.63) is 44.2 Å². The lowest BCUT2D eigenvalue weighted by Gasteiger charge is -2.03. The first-order valence-corrected chi connectivity index (χ1v) is 4.50. The number of rotatable bonds is 1. The molecule has 6 heteroatoms. The van der Waals surface area contributed by atoms with Gasteiger partial charge in [-0.05, 0) is 12.5 Å². The van der Waals surface area contributed by atoms with Crippen molar-refractivity contribution in [3.63, 3.8) is 0 Å². The molecule has 6 nitrogen and oxygen atoms in total. The number of nitrogens with zero attached hydrogens (tertiary/aromatic N) is 1. The van der Waals surface area contributed by atoms with Gasteiger partial charge in [-0.2, -0.15) is 0 Å². The Balaban J connectivity index is 2.92. The number of aromatic hydroxyl groups is 1. The van der Waals surface area contributed by atoms with Crippen LogP contribution in [0.3, 0.4) is 0 Å². The zero-order chi connectivity index (χ0) is 11.9. The van der Waals surface area contributed by atoms with Crippen LogP contribution in [0, 0.1) is 17.0 Å². The highest BCUT2D eigenvalue weighted by Crippen LogP contribution is 2.29. The van der Waals surface area contributed by atoms with Gasteiger partial charge in [-0.25, -0.2) is 0 Å². The van der Waals surface area contributed by atoms with Gasteiger partial charge < -0.3 is 10.1 Å². The number of nitrogens with one attached hydrogen (secondary N) is 1. The number of H-pyrrole nitrogens is 1. The Hall–Kier alpha value is -2.37. The van der Waals surface area contributed by atoms with E-state index in [-0.39, 0.29) is 22.5 Å². The minimum Gasteiger partial charge on any atom is -0.505 e. The van der Waals surface area contributed by atoms with Crippen molar-refractivity contribution in [2.45, 2.75) is 6.92 Å². The van der Waals surface area contributed by atoms with Gasteiger partial charge >= 0.3 is 0 Å². The van der Waals surface area contributed by atoms with E-state index in [1.165, 1.54) is 12.1 Å². The van der Waals surface area contributed by atoms with E-state index >= 15 is 0 Å². The first-order valence-electron chi connectivity index (χ1n) is 4.50. The van der Waals surface area contributed by atoms with Crippen LogP contribution in [0.15, 0.2) is 23.0 Å². The molecule has 16 heavy (non-hydrogen) atoms. The molecule has 0 aliphatic rings. The highest BCUT2D eigenvalue weighted by atomic mass is 16.6. The van der Waals surface area contributed by atoms with E-state index in [1.54, 1.807) is 6.92 Å². The molecule has 0 unspecified atom stereocenters. The van der Waals surface area contributed by atoms with Gasteiger partial charge in [-0.15, -0.1) is 0 Å². The predicted octanol–water partition coefficient (Wildman–Crippen LogP) is 1.45. The van der Waals surface area contributed by atoms with E-state index in [0.29, 0.717) is 10.9 Å². The number of nitro groups is 1. The van der Waals surface area contributed by atoms with Gasteiger partial charge in [-0.1, -0.05) is 0 Å². The van der Waals surface area contributed by atoms with E-state index in [9.17, 15) is 20.0 Å². The molecule has 2 N–H and O–H groups in total. The first-order chi connectivity index (χ1) is 7.49. The lowest BCUT2D eigenvalue weighted by atomic mass is 10.1. The molecule has 0 aliphatic heterocycles. The molecule has 2 rings (SSSR count). The number of phenols is 1. The van der Waals surface area contributed by atoms with Crippen LogP contribution >= 0.6 is 0 Å². The fourth-order valence-electron chi connectivity index (χ4n) is 1.59. The number of fused-ring (bicyclic) bond motifs is 1. The quantitative estimate of drug-likeness (QED) is 0.561. The minimum absolute atomic E-state index is 0.208. The summed E-state index contributed by atoms with van der Waals surface area (Å²) in [7, 11) is 0. The van der Waals surface area contributed by atoms with Crippen LogP contribution in [0.2, 0.25) is 0 Å². The number of hydrogen-bond acceptors (Lipinski definition) is 4. The molecule has 0 spiro atoms. The van der Waals surface area contributed by atoms with Gasteiger partial charge in [0.1, 0.15) is 5.75 Å². The highest BCUT2D eigenvalue weighted by Gasteiger charge is 2.13. The van der Waals surface area contributed by atoms with Crippen molar-refractivity contribution in [1.82, 2.24) is 4.98 Å². The number of phenolic OH excluding ortho intramolecular Hbond substituents is 1. The van der Waals surface area contributed by atoms with Gasteiger partial charge in [0.2, 0.25) is 5.56 Å². The molecule has 0 atom stereocenters. The maximum Gasteiger partial charge on any atom is 0.273 e. The van der Waals surface area contributed by atoms with Crippen molar-refractivity contribution in [2.75, 3.05) is 0 Å². The molecule has 0 bridgehead atoms. The van der Waals surface area contributed by atoms with E-state index < -0.39 is 4.92 Å². The van der Waals surface area contributed by atoms with E-state index in [4.69, 9.17) is 0 Å². The number of aryl methyl sites for hydroxylation is 1. The normalized spacial score (nSPS) is 10.6. The third-order valence-corrected chi connectivity index (χ3v) is 2.33. The van der Waals surface area contributed by atoms with E-state index in [1.807, 2.05) is 0 Å². The molecular weight excluding hydrogens is 212 g/mol. The molecular formula is C10H8N2O4. The van der Waals surface area contributed by atoms with Gasteiger partial charge in [0, 0.05) is 17.5 Å². The number of benzene rings is 1. The van der Waals surface area contributed by atoms with Crippen molar-refractivity contribution in [3.8, 4) is 5.75 Å². The Kier molecular flexibility index (Phi) is 2.12. The van der Waals surface area contributed by atoms with Gasteiger partial charge in [-0.3, -0.25) is 14.9 Å². The molecule has 0 aliphatic carbocycles. The lowest BCUT2D eigenvalue weighted by molar-refractivity contribution is -0.384. The summed E-state index contributed by atoms with van der Waals surface area (Å²) in [6, 6.07) is 3.66. The monoisotopic (exact) mass is 220 g/mol. The van der Waals surface area contributed by atoms with Crippen LogP contribution in [0.1, 0.15) is 5.56 Å². The summed E-state index contributed by atoms with van der Waals surface area (Å²) in [5.74, 6) is -0.301. The third kappa shape index (κ3) is 1.50. The number of nitro benzene ring substituents is 1. The molecule has 82 valence electrons.